The maximum Gasteiger partial charge on any atom is 0.308 e. The van der Waals surface area contributed by atoms with Crippen LogP contribution in [0.4, 0.5) is 0 Å². The van der Waals surface area contributed by atoms with Crippen molar-refractivity contribution in [2.45, 2.75) is 52.6 Å². The van der Waals surface area contributed by atoms with Crippen molar-refractivity contribution in [2.75, 3.05) is 0 Å². The summed E-state index contributed by atoms with van der Waals surface area (Å²) < 4.78 is 5.60. The van der Waals surface area contributed by atoms with Crippen LogP contribution in [0.3, 0.4) is 0 Å². The Hall–Kier alpha value is -1.94. The lowest BCUT2D eigenvalue weighted by Gasteiger charge is -2.40. The lowest BCUT2D eigenvalue weighted by atomic mass is 10.2. The van der Waals surface area contributed by atoms with Crippen molar-refractivity contribution in [3.8, 4) is 5.75 Å². The molecule has 0 amide bonds. The summed E-state index contributed by atoms with van der Waals surface area (Å²) in [5.74, 6) is 0.407. The second-order valence-electron chi connectivity index (χ2n) is 6.99. The highest BCUT2D eigenvalue weighted by Crippen LogP contribution is 2.34. The van der Waals surface area contributed by atoms with E-state index in [2.05, 4.69) is 52.8 Å². The number of carbonyl (C=O) groups excluding carboxylic acids is 1. The summed E-state index contributed by atoms with van der Waals surface area (Å²) in [4.78, 5) is 16.4. The smallest absolute Gasteiger partial charge is 0.308 e. The molecule has 0 bridgehead atoms. The van der Waals surface area contributed by atoms with E-state index in [1.165, 1.54) is 17.7 Å². The maximum atomic E-state index is 11.6. The fourth-order valence-electron chi connectivity index (χ4n) is 3.84. The van der Waals surface area contributed by atoms with Crippen LogP contribution in [0, 0.1) is 6.92 Å². The van der Waals surface area contributed by atoms with Gasteiger partial charge in [-0.15, -0.1) is 0 Å². The largest absolute Gasteiger partial charge is 0.427 e. The Bertz CT molecular complexity index is 703. The highest BCUT2D eigenvalue weighted by molar-refractivity contribution is 7.04. The summed E-state index contributed by atoms with van der Waals surface area (Å²) in [5.41, 5.74) is 2.02. The van der Waals surface area contributed by atoms with Crippen LogP contribution in [0.1, 0.15) is 40.2 Å². The molecule has 4 heteroatoms. The molecule has 0 spiro atoms. The molecule has 1 heterocycles. The topological polar surface area (TPSA) is 39.2 Å². The molecule has 128 valence electrons. The Morgan fingerprint density at radius 1 is 1.08 bits per heavy atom. The molecular weight excluding hydrogens is 314 g/mol. The van der Waals surface area contributed by atoms with Crippen LogP contribution in [0.5, 0.6) is 5.75 Å². The number of pyridine rings is 1. The number of carbonyl (C=O) groups is 1. The van der Waals surface area contributed by atoms with Crippen LogP contribution in [0.25, 0.3) is 0 Å². The zero-order valence-corrected chi connectivity index (χ0v) is 16.5. The van der Waals surface area contributed by atoms with Crippen LogP contribution in [0.2, 0.25) is 11.1 Å². The lowest BCUT2D eigenvalue weighted by molar-refractivity contribution is -0.131. The molecule has 3 nitrogen and oxygen atoms in total. The summed E-state index contributed by atoms with van der Waals surface area (Å²) in [5, 5.41) is 2.32. The van der Waals surface area contributed by atoms with Crippen molar-refractivity contribution in [1.82, 2.24) is 4.98 Å². The van der Waals surface area contributed by atoms with Gasteiger partial charge in [-0.25, -0.2) is 0 Å². The minimum absolute atomic E-state index is 0.281. The van der Waals surface area contributed by atoms with Gasteiger partial charge in [0.1, 0.15) is 5.75 Å². The molecule has 0 saturated carbocycles. The van der Waals surface area contributed by atoms with Crippen molar-refractivity contribution < 1.29 is 9.53 Å². The van der Waals surface area contributed by atoms with E-state index in [9.17, 15) is 4.79 Å². The first-order valence-electron chi connectivity index (χ1n) is 8.51. The average molecular weight is 342 g/mol. The van der Waals surface area contributed by atoms with Crippen LogP contribution in [0.15, 0.2) is 42.6 Å². The van der Waals surface area contributed by atoms with Crippen molar-refractivity contribution in [1.29, 1.82) is 0 Å². The summed E-state index contributed by atoms with van der Waals surface area (Å²) >= 11 is 0. The first-order chi connectivity index (χ1) is 11.3. The molecule has 0 fully saturated rings. The van der Waals surface area contributed by atoms with Crippen molar-refractivity contribution >= 4 is 24.5 Å². The summed E-state index contributed by atoms with van der Waals surface area (Å²) in [6.45, 7) is 12.6. The quantitative estimate of drug-likeness (QED) is 0.473. The van der Waals surface area contributed by atoms with E-state index >= 15 is 0 Å². The number of aromatic nitrogens is 1. The third-order valence-electron chi connectivity index (χ3n) is 4.74. The highest BCUT2D eigenvalue weighted by Gasteiger charge is 2.46. The Morgan fingerprint density at radius 3 is 2.25 bits per heavy atom. The zero-order valence-electron chi connectivity index (χ0n) is 15.5. The van der Waals surface area contributed by atoms with Gasteiger partial charge in [-0.2, -0.15) is 0 Å². The van der Waals surface area contributed by atoms with E-state index in [0.717, 1.165) is 5.32 Å². The van der Waals surface area contributed by atoms with Gasteiger partial charge in [0, 0.05) is 18.4 Å². The van der Waals surface area contributed by atoms with Gasteiger partial charge in [0.05, 0.1) is 0 Å². The normalized spacial score (nSPS) is 11.8. The van der Waals surface area contributed by atoms with Crippen molar-refractivity contribution in [2.24, 2.45) is 0 Å². The fraction of sp³-hybridized carbons (Fsp3) is 0.400. The van der Waals surface area contributed by atoms with Gasteiger partial charge in [-0.1, -0.05) is 51.5 Å². The molecule has 0 aliphatic rings. The van der Waals surface area contributed by atoms with Crippen LogP contribution in [-0.2, 0) is 4.79 Å². The van der Waals surface area contributed by atoms with Crippen LogP contribution < -0.4 is 15.2 Å². The van der Waals surface area contributed by atoms with Gasteiger partial charge in [0.15, 0.2) is 8.07 Å². The number of nitrogens with zero attached hydrogens (tertiary/aromatic N) is 1. The standard InChI is InChI=1S/C20H27NO2Si/c1-14(2)24(15(3)4,20-9-7-8-12-21-20)19-13-16(5)10-11-18(19)23-17(6)22/h7-15H,1-6H3. The highest BCUT2D eigenvalue weighted by atomic mass is 28.3. The molecule has 0 atom stereocenters. The van der Waals surface area contributed by atoms with E-state index in [0.29, 0.717) is 16.8 Å². The van der Waals surface area contributed by atoms with Crippen LogP contribution >= 0.6 is 0 Å². The number of benzene rings is 1. The summed E-state index contributed by atoms with van der Waals surface area (Å²) in [7, 11) is -2.23. The Morgan fingerprint density at radius 2 is 1.75 bits per heavy atom. The average Bonchev–Trinajstić information content (AvgIpc) is 2.50. The fourth-order valence-corrected chi connectivity index (χ4v) is 9.54. The monoisotopic (exact) mass is 341 g/mol. The predicted octanol–water partition coefficient (Wildman–Crippen LogP) is 3.70. The van der Waals surface area contributed by atoms with Gasteiger partial charge in [0.25, 0.3) is 0 Å². The molecule has 0 unspecified atom stereocenters. The van der Waals surface area contributed by atoms with Gasteiger partial charge in [-0.05, 0) is 41.4 Å². The molecule has 1 aromatic carbocycles. The zero-order chi connectivity index (χ0) is 17.9. The van der Waals surface area contributed by atoms with E-state index in [-0.39, 0.29) is 5.97 Å². The van der Waals surface area contributed by atoms with Crippen molar-refractivity contribution in [3.05, 3.63) is 48.2 Å². The molecular formula is C20H27NO2Si. The molecule has 1 aromatic heterocycles. The summed E-state index contributed by atoms with van der Waals surface area (Å²) in [6, 6.07) is 12.3. The first-order valence-corrected chi connectivity index (χ1v) is 10.7. The third-order valence-corrected chi connectivity index (χ3v) is 10.8. The molecule has 0 saturated heterocycles. The molecule has 24 heavy (non-hydrogen) atoms. The number of hydrogen-bond acceptors (Lipinski definition) is 3. The Kier molecular flexibility index (Phi) is 5.60. The molecule has 0 N–H and O–H groups in total. The SMILES string of the molecule is CC(=O)Oc1ccc(C)cc1[Si](c1ccccn1)(C(C)C)C(C)C. The molecule has 2 rings (SSSR count). The van der Waals surface area contributed by atoms with E-state index in [1.54, 1.807) is 0 Å². The number of aryl methyl sites for hydroxylation is 1. The number of rotatable bonds is 5. The van der Waals surface area contributed by atoms with Gasteiger partial charge in [-0.3, -0.25) is 9.78 Å². The van der Waals surface area contributed by atoms with E-state index in [1.807, 2.05) is 24.4 Å². The number of ether oxygens (including phenoxy) is 1. The van der Waals surface area contributed by atoms with Gasteiger partial charge in [0.2, 0.25) is 0 Å². The van der Waals surface area contributed by atoms with E-state index in [4.69, 9.17) is 9.72 Å². The second kappa shape index (κ2) is 7.30. The molecule has 0 aliphatic heterocycles. The third kappa shape index (κ3) is 3.29. The Balaban J connectivity index is 2.82. The predicted molar refractivity (Wildman–Crippen MR) is 102 cm³/mol. The summed E-state index contributed by atoms with van der Waals surface area (Å²) in [6.07, 6.45) is 1.86. The first kappa shape index (κ1) is 18.4. The minimum atomic E-state index is -2.23. The second-order valence-corrected chi connectivity index (χ2v) is 12.1. The minimum Gasteiger partial charge on any atom is -0.427 e. The molecule has 0 radical (unpaired) electrons. The number of esters is 1. The van der Waals surface area contributed by atoms with Gasteiger partial charge >= 0.3 is 5.97 Å². The lowest BCUT2D eigenvalue weighted by Crippen LogP contribution is -2.64. The Labute approximate surface area is 146 Å². The molecule has 2 aromatic rings. The van der Waals surface area contributed by atoms with Gasteiger partial charge < -0.3 is 4.74 Å². The van der Waals surface area contributed by atoms with Crippen molar-refractivity contribution in [3.63, 3.8) is 0 Å². The molecule has 0 aliphatic carbocycles. The maximum absolute atomic E-state index is 11.6. The number of hydrogen-bond donors (Lipinski definition) is 0. The van der Waals surface area contributed by atoms with E-state index < -0.39 is 8.07 Å². The van der Waals surface area contributed by atoms with Crippen LogP contribution in [-0.4, -0.2) is 19.0 Å².